The van der Waals surface area contributed by atoms with Crippen LogP contribution in [-0.4, -0.2) is 126 Å². The van der Waals surface area contributed by atoms with Crippen LogP contribution in [0, 0.1) is 5.92 Å². The molecule has 0 unspecified atom stereocenters. The summed E-state index contributed by atoms with van der Waals surface area (Å²) in [6, 6.07) is 41.2. The van der Waals surface area contributed by atoms with Crippen LogP contribution in [0.15, 0.2) is 158 Å². The molecular formula is C72H87N9O14. The first-order valence-corrected chi connectivity index (χ1v) is 31.6. The van der Waals surface area contributed by atoms with Gasteiger partial charge in [0.1, 0.15) is 52.8 Å². The number of carbonyl (C=O) groups excluding carboxylic acids is 10. The number of nitrogens with one attached hydrogen (secondary N) is 6. The molecule has 1 aliphatic heterocycles. The Morgan fingerprint density at radius 2 is 1.09 bits per heavy atom. The standard InChI is InChI=1S/C72H87N9O14/c1-69(2,3)94-62(85)33-30-50(64(87)78-58(66(89)77-56(63(75)86)44-60(74)83)45-61(84)80-72(51-20-10-7-11-21-51,52-22-12-8-13-23-52)53-24-14-9-15-25-53)43-59(82)71(34-37-92-38-35-71)81-67(90)57(42-47-26-29-48-18-16-17-19-49(48)40-47)79-65(88)55(73)41-46-27-31-54(32-28-46)93-39-36-76-68(91)95-70(4,5)6/h7-29,31-32,40,50,55-58H,30,33-39,41-45,73H2,1-6H3,(H2,74,83)(H2,75,86)(H,76,91)(H,77,89)(H,78,87)(H,79,88)(H,80,84)(H,81,90)/t50-,55+,56+,57+,58+/m1/s1. The number of fused-ring (bicyclic) bond motifs is 1. The van der Waals surface area contributed by atoms with Crippen LogP contribution in [0.5, 0.6) is 5.75 Å². The van der Waals surface area contributed by atoms with E-state index in [4.69, 9.17) is 36.1 Å². The van der Waals surface area contributed by atoms with Crippen molar-refractivity contribution in [2.75, 3.05) is 26.4 Å². The summed E-state index contributed by atoms with van der Waals surface area (Å²) < 4.78 is 22.4. The monoisotopic (exact) mass is 1300 g/mol. The Morgan fingerprint density at radius 1 is 0.558 bits per heavy atom. The largest absolute Gasteiger partial charge is 0.492 e. The highest BCUT2D eigenvalue weighted by Gasteiger charge is 2.45. The van der Waals surface area contributed by atoms with Crippen molar-refractivity contribution in [2.45, 2.75) is 146 Å². The molecule has 1 saturated heterocycles. The molecular weight excluding hydrogens is 1210 g/mol. The summed E-state index contributed by atoms with van der Waals surface area (Å²) in [6.45, 7) is 10.6. The number of carbonyl (C=O) groups is 10. The van der Waals surface area contributed by atoms with E-state index >= 15 is 14.4 Å². The van der Waals surface area contributed by atoms with Gasteiger partial charge in [-0.15, -0.1) is 0 Å². The third kappa shape index (κ3) is 21.5. The number of nitrogens with two attached hydrogens (primary N) is 3. The zero-order chi connectivity index (χ0) is 68.9. The van der Waals surface area contributed by atoms with Crippen LogP contribution in [0.25, 0.3) is 10.8 Å². The number of alkyl carbamates (subject to hydrolysis) is 1. The summed E-state index contributed by atoms with van der Waals surface area (Å²) in [5.74, 6) is -8.84. The highest BCUT2D eigenvalue weighted by molar-refractivity contribution is 6.00. The Kier molecular flexibility index (Phi) is 25.3. The molecule has 6 aromatic carbocycles. The first-order chi connectivity index (χ1) is 45.1. The lowest BCUT2D eigenvalue weighted by Gasteiger charge is -2.38. The van der Waals surface area contributed by atoms with Gasteiger partial charge >= 0.3 is 12.1 Å². The third-order valence-electron chi connectivity index (χ3n) is 15.8. The summed E-state index contributed by atoms with van der Waals surface area (Å²) in [5.41, 5.74) is 16.1. The number of hydrogen-bond donors (Lipinski definition) is 9. The van der Waals surface area contributed by atoms with Gasteiger partial charge in [-0.05, 0) is 105 Å². The molecule has 23 heteroatoms. The first-order valence-electron chi connectivity index (χ1n) is 31.6. The molecule has 8 amide bonds. The van der Waals surface area contributed by atoms with E-state index in [9.17, 15) is 33.6 Å². The fraction of sp³-hybridized carbons (Fsp3) is 0.389. The Balaban J connectivity index is 1.17. The van der Waals surface area contributed by atoms with Gasteiger partial charge in [-0.2, -0.15) is 0 Å². The Labute approximate surface area is 553 Å². The number of amides is 8. The van der Waals surface area contributed by atoms with Gasteiger partial charge in [-0.1, -0.05) is 146 Å². The average Bonchev–Trinajstić information content (AvgIpc) is 0.761. The number of benzene rings is 6. The number of primary amides is 2. The summed E-state index contributed by atoms with van der Waals surface area (Å²) in [5, 5.41) is 18.4. The molecule has 0 bridgehead atoms. The summed E-state index contributed by atoms with van der Waals surface area (Å²) >= 11 is 0. The molecule has 1 aliphatic rings. The zero-order valence-corrected chi connectivity index (χ0v) is 54.5. The van der Waals surface area contributed by atoms with Crippen molar-refractivity contribution in [3.8, 4) is 5.75 Å². The average molecular weight is 1300 g/mol. The minimum atomic E-state index is -1.85. The molecule has 0 spiro atoms. The second kappa shape index (κ2) is 33.2. The molecule has 0 radical (unpaired) electrons. The maximum atomic E-state index is 15.4. The molecule has 0 aliphatic carbocycles. The topological polar surface area (TPSA) is 358 Å². The van der Waals surface area contributed by atoms with Gasteiger partial charge < -0.3 is 68.0 Å². The quantitative estimate of drug-likeness (QED) is 0.0147. The van der Waals surface area contributed by atoms with Crippen LogP contribution < -0.4 is 53.8 Å². The van der Waals surface area contributed by atoms with E-state index in [1.54, 1.807) is 102 Å². The number of Topliss-reactive ketones (excluding diaryl/α,β-unsaturated/α-hetero) is 1. The minimum Gasteiger partial charge on any atom is -0.492 e. The number of ketones is 1. The van der Waals surface area contributed by atoms with Gasteiger partial charge in [-0.3, -0.25) is 43.2 Å². The number of rotatable bonds is 31. The second-order valence-corrected chi connectivity index (χ2v) is 25.6. The summed E-state index contributed by atoms with van der Waals surface area (Å²) in [6.07, 6.45) is -3.70. The van der Waals surface area contributed by atoms with Crippen molar-refractivity contribution in [1.82, 2.24) is 31.9 Å². The maximum absolute atomic E-state index is 15.4. The van der Waals surface area contributed by atoms with E-state index in [1.807, 2.05) is 97.1 Å². The van der Waals surface area contributed by atoms with Crippen molar-refractivity contribution in [3.05, 3.63) is 186 Å². The van der Waals surface area contributed by atoms with Crippen molar-refractivity contribution >= 4 is 70.0 Å². The third-order valence-corrected chi connectivity index (χ3v) is 15.8. The van der Waals surface area contributed by atoms with Crippen LogP contribution >= 0.6 is 0 Å². The van der Waals surface area contributed by atoms with Crippen molar-refractivity contribution < 1.29 is 66.9 Å². The maximum Gasteiger partial charge on any atom is 0.407 e. The molecule has 1 heterocycles. The van der Waals surface area contributed by atoms with Crippen LogP contribution in [-0.2, 0) is 75.7 Å². The van der Waals surface area contributed by atoms with E-state index in [2.05, 4.69) is 31.9 Å². The lowest BCUT2D eigenvalue weighted by Crippen LogP contribution is -2.63. The molecule has 6 aromatic rings. The molecule has 0 aromatic heterocycles. The Bertz CT molecular complexity index is 3550. The molecule has 1 fully saturated rings. The molecule has 0 saturated carbocycles. The number of ether oxygens (including phenoxy) is 4. The second-order valence-electron chi connectivity index (χ2n) is 25.6. The normalized spacial score (nSPS) is 14.6. The zero-order valence-electron chi connectivity index (χ0n) is 54.5. The van der Waals surface area contributed by atoms with Gasteiger partial charge in [0, 0.05) is 51.2 Å². The lowest BCUT2D eigenvalue weighted by molar-refractivity contribution is -0.155. The molecule has 7 rings (SSSR count). The van der Waals surface area contributed by atoms with Crippen LogP contribution in [0.3, 0.4) is 0 Å². The lowest BCUT2D eigenvalue weighted by atomic mass is 9.77. The Hall–Kier alpha value is -10.00. The number of hydrogen-bond acceptors (Lipinski definition) is 15. The molecule has 95 heavy (non-hydrogen) atoms. The van der Waals surface area contributed by atoms with Gasteiger partial charge in [0.25, 0.3) is 0 Å². The summed E-state index contributed by atoms with van der Waals surface area (Å²) in [4.78, 5) is 140. The van der Waals surface area contributed by atoms with Crippen LogP contribution in [0.1, 0.15) is 114 Å². The highest BCUT2D eigenvalue weighted by atomic mass is 16.6. The van der Waals surface area contributed by atoms with Gasteiger partial charge in [-0.25, -0.2) is 4.79 Å². The van der Waals surface area contributed by atoms with Crippen molar-refractivity contribution in [2.24, 2.45) is 23.1 Å². The fourth-order valence-electron chi connectivity index (χ4n) is 11.2. The molecule has 5 atom stereocenters. The predicted molar refractivity (Wildman–Crippen MR) is 355 cm³/mol. The van der Waals surface area contributed by atoms with Crippen molar-refractivity contribution in [1.29, 1.82) is 0 Å². The smallest absolute Gasteiger partial charge is 0.407 e. The van der Waals surface area contributed by atoms with Crippen LogP contribution in [0.4, 0.5) is 4.79 Å². The van der Waals surface area contributed by atoms with Gasteiger partial charge in [0.05, 0.1) is 25.4 Å². The molecule has 504 valence electrons. The van der Waals surface area contributed by atoms with Crippen molar-refractivity contribution in [3.63, 3.8) is 0 Å². The minimum absolute atomic E-state index is 0.0136. The van der Waals surface area contributed by atoms with Crippen LogP contribution in [0.2, 0.25) is 0 Å². The van der Waals surface area contributed by atoms with E-state index in [0.29, 0.717) is 33.6 Å². The molecule has 12 N–H and O–H groups in total. The highest BCUT2D eigenvalue weighted by Crippen LogP contribution is 2.37. The van der Waals surface area contributed by atoms with E-state index < -0.39 is 137 Å². The van der Waals surface area contributed by atoms with E-state index in [0.717, 1.165) is 10.8 Å². The Morgan fingerprint density at radius 3 is 1.65 bits per heavy atom. The van der Waals surface area contributed by atoms with E-state index in [1.165, 1.54) is 0 Å². The number of esters is 1. The predicted octanol–water partition coefficient (Wildman–Crippen LogP) is 5.53. The van der Waals surface area contributed by atoms with Gasteiger partial charge in [0.15, 0.2) is 5.78 Å². The van der Waals surface area contributed by atoms with E-state index in [-0.39, 0.29) is 58.5 Å². The molecule has 23 nitrogen and oxygen atoms in total. The first kappa shape index (κ1) is 72.4. The SMILES string of the molecule is CC(C)(C)OC(=O)CC[C@H](CC(=O)C1(NC(=O)[C@H](Cc2ccc3ccccc3c2)NC(=O)[C@@H](N)Cc2ccc(OCCNC(=O)OC(C)(C)C)cc2)CCOCC1)C(=O)N[C@@H](CC(=O)NC(c1ccccc1)(c1ccccc1)c1ccccc1)C(=O)N[C@@H](CC(N)=O)C(N)=O. The fourth-order valence-corrected chi connectivity index (χ4v) is 11.2. The summed E-state index contributed by atoms with van der Waals surface area (Å²) in [7, 11) is 0. The van der Waals surface area contributed by atoms with Gasteiger partial charge in [0.2, 0.25) is 41.4 Å².